The van der Waals surface area contributed by atoms with Crippen molar-refractivity contribution in [2.45, 2.75) is 315 Å². The Morgan fingerprint density at radius 3 is 1.11 bits per heavy atom. The van der Waals surface area contributed by atoms with Crippen LogP contribution in [0, 0.1) is 0 Å². The molecule has 73 heavy (non-hydrogen) atoms. The van der Waals surface area contributed by atoms with Crippen LogP contribution in [0.2, 0.25) is 0 Å². The van der Waals surface area contributed by atoms with Gasteiger partial charge in [0.25, 0.3) is 7.82 Å². The molecule has 0 aliphatic heterocycles. The molecule has 9 heteroatoms. The van der Waals surface area contributed by atoms with Crippen LogP contribution in [-0.2, 0) is 18.4 Å². The fourth-order valence-corrected chi connectivity index (χ4v) is 10.0. The normalized spacial score (nSPS) is 14.1. The molecule has 3 unspecified atom stereocenters. The third-order valence-electron chi connectivity index (χ3n) is 14.2. The first kappa shape index (κ1) is 71.5. The van der Waals surface area contributed by atoms with Gasteiger partial charge in [0.15, 0.2) is 0 Å². The van der Waals surface area contributed by atoms with Crippen molar-refractivity contribution < 1.29 is 32.9 Å². The van der Waals surface area contributed by atoms with E-state index in [1.807, 2.05) is 27.2 Å². The van der Waals surface area contributed by atoms with Crippen LogP contribution in [0.4, 0.5) is 0 Å². The van der Waals surface area contributed by atoms with Crippen molar-refractivity contribution in [1.82, 2.24) is 5.32 Å². The van der Waals surface area contributed by atoms with E-state index in [2.05, 4.69) is 55.6 Å². The summed E-state index contributed by atoms with van der Waals surface area (Å²) in [4.78, 5) is 25.5. The van der Waals surface area contributed by atoms with Gasteiger partial charge in [0.05, 0.1) is 39.9 Å². The third-order valence-corrected chi connectivity index (χ3v) is 15.2. The smallest absolute Gasteiger partial charge is 0.268 e. The van der Waals surface area contributed by atoms with Crippen LogP contribution >= 0.6 is 7.82 Å². The van der Waals surface area contributed by atoms with Crippen molar-refractivity contribution in [2.75, 3.05) is 40.9 Å². The number of quaternary nitrogens is 1. The van der Waals surface area contributed by atoms with Crippen LogP contribution in [0.15, 0.2) is 48.6 Å². The maximum Gasteiger partial charge on any atom is 0.268 e. The lowest BCUT2D eigenvalue weighted by Gasteiger charge is -2.29. The molecule has 0 saturated carbocycles. The molecule has 0 spiro atoms. The number of rotatable bonds is 58. The molecular formula is C64H123N2O6P. The maximum absolute atomic E-state index is 13.0. The lowest BCUT2D eigenvalue weighted by atomic mass is 10.0. The van der Waals surface area contributed by atoms with Crippen molar-refractivity contribution in [1.29, 1.82) is 0 Å². The topological polar surface area (TPSA) is 108 Å². The number of carbonyl (C=O) groups is 1. The highest BCUT2D eigenvalue weighted by Crippen LogP contribution is 2.38. The number of aliphatic hydroxyl groups is 1. The molecule has 2 N–H and O–H groups in total. The number of nitrogens with zero attached hydrogens (tertiary/aromatic N) is 1. The summed E-state index contributed by atoms with van der Waals surface area (Å²) in [5.41, 5.74) is 0. The summed E-state index contributed by atoms with van der Waals surface area (Å²) in [5, 5.41) is 13.9. The van der Waals surface area contributed by atoms with E-state index in [4.69, 9.17) is 9.05 Å². The molecule has 1 amide bonds. The third kappa shape index (κ3) is 58.0. The van der Waals surface area contributed by atoms with Gasteiger partial charge in [0.1, 0.15) is 13.2 Å². The molecule has 0 radical (unpaired) electrons. The standard InChI is InChI=1S/C64H123N2O6P/c1-6-8-10-12-14-16-18-20-22-24-26-28-29-30-31-32-33-34-35-36-38-39-41-43-45-47-49-51-53-55-57-63(67)62(61-72-73(69,70)71-60-59-66(3,4)5)65-64(68)58-56-54-52-50-48-46-44-42-40-37-27-25-23-21-19-17-15-13-11-9-7-2/h25,27,39,41,47,49,55,57,62-63,67H,6-24,26,28-38,40,42-46,48,50-54,56,58-61H2,1-5H3,(H-,65,68,69,70)/b27-25-,41-39+,49-47+,57-55+. The molecule has 0 aromatic heterocycles. The fraction of sp³-hybridized carbons (Fsp3) is 0.859. The molecule has 0 bridgehead atoms. The Morgan fingerprint density at radius 2 is 0.767 bits per heavy atom. The molecule has 430 valence electrons. The maximum atomic E-state index is 13.0. The molecule has 0 aliphatic carbocycles. The molecule has 0 heterocycles. The Labute approximate surface area is 454 Å². The lowest BCUT2D eigenvalue weighted by Crippen LogP contribution is -2.45. The minimum Gasteiger partial charge on any atom is -0.756 e. The van der Waals surface area contributed by atoms with Gasteiger partial charge in [0, 0.05) is 6.42 Å². The molecule has 0 aliphatic rings. The summed E-state index contributed by atoms with van der Waals surface area (Å²) in [6, 6.07) is -0.913. The Hall–Kier alpha value is -1.54. The van der Waals surface area contributed by atoms with E-state index in [1.54, 1.807) is 6.08 Å². The van der Waals surface area contributed by atoms with E-state index >= 15 is 0 Å². The van der Waals surface area contributed by atoms with E-state index < -0.39 is 26.6 Å². The Balaban J connectivity index is 4.20. The van der Waals surface area contributed by atoms with Gasteiger partial charge in [-0.25, -0.2) is 0 Å². The van der Waals surface area contributed by atoms with Gasteiger partial charge in [-0.15, -0.1) is 0 Å². The van der Waals surface area contributed by atoms with Crippen LogP contribution in [0.25, 0.3) is 0 Å². The van der Waals surface area contributed by atoms with E-state index in [0.29, 0.717) is 17.4 Å². The summed E-state index contributed by atoms with van der Waals surface area (Å²) >= 11 is 0. The van der Waals surface area contributed by atoms with Crippen LogP contribution in [0.1, 0.15) is 303 Å². The Bertz CT molecular complexity index is 1330. The number of unbranched alkanes of at least 4 members (excludes halogenated alkanes) is 39. The summed E-state index contributed by atoms with van der Waals surface area (Å²) in [6.07, 6.45) is 73.6. The molecule has 0 rings (SSSR count). The SMILES string of the molecule is CCCCCCCCCC/C=C\CCCCCCCCCCCC(=O)NC(COP(=O)([O-])OCC[N+](C)(C)C)C(O)/C=C/CC/C=C/CC/C=C/CCCCCCCCCCCCCCCCCCCCCC. The van der Waals surface area contributed by atoms with Gasteiger partial charge in [0.2, 0.25) is 5.91 Å². The molecular weight excluding hydrogens is 924 g/mol. The molecule has 3 atom stereocenters. The van der Waals surface area contributed by atoms with Gasteiger partial charge >= 0.3 is 0 Å². The van der Waals surface area contributed by atoms with Gasteiger partial charge in [-0.05, 0) is 70.6 Å². The van der Waals surface area contributed by atoms with E-state index in [-0.39, 0.29) is 12.5 Å². The number of amides is 1. The van der Waals surface area contributed by atoms with E-state index in [0.717, 1.165) is 44.9 Å². The number of phosphoric acid groups is 1. The highest BCUT2D eigenvalue weighted by Gasteiger charge is 2.23. The second-order valence-corrected chi connectivity index (χ2v) is 24.2. The van der Waals surface area contributed by atoms with E-state index in [9.17, 15) is 19.4 Å². The van der Waals surface area contributed by atoms with Crippen molar-refractivity contribution in [2.24, 2.45) is 0 Å². The van der Waals surface area contributed by atoms with Crippen molar-refractivity contribution in [3.63, 3.8) is 0 Å². The van der Waals surface area contributed by atoms with Gasteiger partial charge in [-0.3, -0.25) is 9.36 Å². The quantitative estimate of drug-likeness (QED) is 0.0272. The summed E-state index contributed by atoms with van der Waals surface area (Å²) < 4.78 is 23.4. The first-order valence-corrected chi connectivity index (χ1v) is 33.0. The first-order valence-electron chi connectivity index (χ1n) is 31.5. The predicted octanol–water partition coefficient (Wildman–Crippen LogP) is 18.9. The van der Waals surface area contributed by atoms with Crippen LogP contribution in [-0.4, -0.2) is 68.5 Å². The number of hydrogen-bond acceptors (Lipinski definition) is 6. The second-order valence-electron chi connectivity index (χ2n) is 22.7. The van der Waals surface area contributed by atoms with Crippen LogP contribution in [0.3, 0.4) is 0 Å². The van der Waals surface area contributed by atoms with E-state index in [1.165, 1.54) is 238 Å². The number of carbonyl (C=O) groups excluding carboxylic acids is 1. The number of hydrogen-bond donors (Lipinski definition) is 2. The zero-order chi connectivity index (χ0) is 53.5. The predicted molar refractivity (Wildman–Crippen MR) is 316 cm³/mol. The number of aliphatic hydroxyl groups excluding tert-OH is 1. The van der Waals surface area contributed by atoms with Crippen molar-refractivity contribution in [3.8, 4) is 0 Å². The highest BCUT2D eigenvalue weighted by molar-refractivity contribution is 7.45. The largest absolute Gasteiger partial charge is 0.756 e. The summed E-state index contributed by atoms with van der Waals surface area (Å²) in [5.74, 6) is -0.211. The van der Waals surface area contributed by atoms with Crippen LogP contribution < -0.4 is 10.2 Å². The fourth-order valence-electron chi connectivity index (χ4n) is 9.30. The molecule has 0 fully saturated rings. The number of likely N-dealkylation sites (N-methyl/N-ethyl adjacent to an activating group) is 1. The second kappa shape index (κ2) is 55.2. The Morgan fingerprint density at radius 1 is 0.466 bits per heavy atom. The first-order chi connectivity index (χ1) is 35.5. The number of phosphoric ester groups is 1. The lowest BCUT2D eigenvalue weighted by molar-refractivity contribution is -0.870. The zero-order valence-electron chi connectivity index (χ0n) is 49.1. The van der Waals surface area contributed by atoms with Gasteiger partial charge in [-0.1, -0.05) is 274 Å². The van der Waals surface area contributed by atoms with Crippen molar-refractivity contribution in [3.05, 3.63) is 48.6 Å². The molecule has 8 nitrogen and oxygen atoms in total. The summed E-state index contributed by atoms with van der Waals surface area (Å²) in [6.45, 7) is 4.65. The molecule has 0 saturated heterocycles. The molecule has 0 aromatic rings. The monoisotopic (exact) mass is 1050 g/mol. The number of allylic oxidation sites excluding steroid dienone is 7. The average molecular weight is 1050 g/mol. The Kier molecular flexibility index (Phi) is 54.1. The summed E-state index contributed by atoms with van der Waals surface area (Å²) in [7, 11) is 1.24. The zero-order valence-corrected chi connectivity index (χ0v) is 50.0. The molecule has 0 aromatic carbocycles. The minimum atomic E-state index is -4.61. The van der Waals surface area contributed by atoms with Gasteiger partial charge < -0.3 is 28.8 Å². The average Bonchev–Trinajstić information content (AvgIpc) is 3.35. The van der Waals surface area contributed by atoms with Crippen molar-refractivity contribution >= 4 is 13.7 Å². The van der Waals surface area contributed by atoms with Crippen LogP contribution in [0.5, 0.6) is 0 Å². The van der Waals surface area contributed by atoms with Gasteiger partial charge in [-0.2, -0.15) is 0 Å². The highest BCUT2D eigenvalue weighted by atomic mass is 31.2. The number of nitrogens with one attached hydrogen (secondary N) is 1. The minimum absolute atomic E-state index is 0.00962.